The summed E-state index contributed by atoms with van der Waals surface area (Å²) in [6, 6.07) is 68.9. The average Bonchev–Trinajstić information content (AvgIpc) is 3.81. The largest absolute Gasteiger partial charge is 0.310 e. The molecule has 8 aromatic carbocycles. The molecule has 260 valence electrons. The van der Waals surface area contributed by atoms with Crippen LogP contribution in [0.1, 0.15) is 25.0 Å². The molecule has 0 N–H and O–H groups in total. The molecular formula is C51H39NS2. The molecule has 54 heavy (non-hydrogen) atoms. The lowest BCUT2D eigenvalue weighted by molar-refractivity contribution is 1.19. The van der Waals surface area contributed by atoms with Gasteiger partial charge < -0.3 is 4.90 Å². The first-order valence-electron chi connectivity index (χ1n) is 18.7. The van der Waals surface area contributed by atoms with Crippen molar-refractivity contribution in [2.24, 2.45) is 0 Å². The van der Waals surface area contributed by atoms with E-state index in [1.54, 1.807) is 0 Å². The number of anilines is 3. The summed E-state index contributed by atoms with van der Waals surface area (Å²) >= 11 is 3.75. The second-order valence-electron chi connectivity index (χ2n) is 13.3. The Kier molecular flexibility index (Phi) is 9.26. The quantitative estimate of drug-likeness (QED) is 0.158. The van der Waals surface area contributed by atoms with Crippen LogP contribution in [-0.4, -0.2) is 0 Å². The lowest BCUT2D eigenvalue weighted by Crippen LogP contribution is -2.10. The zero-order valence-corrected chi connectivity index (χ0v) is 32.0. The number of benzene rings is 8. The molecule has 0 aliphatic carbocycles. The van der Waals surface area contributed by atoms with E-state index >= 15 is 0 Å². The molecule has 0 saturated carbocycles. The maximum absolute atomic E-state index is 2.42. The van der Waals surface area contributed by atoms with Crippen molar-refractivity contribution in [3.05, 3.63) is 199 Å². The van der Waals surface area contributed by atoms with Gasteiger partial charge in [-0.05, 0) is 113 Å². The molecule has 10 rings (SSSR count). The average molecular weight is 730 g/mol. The lowest BCUT2D eigenvalue weighted by atomic mass is 9.92. The normalized spacial score (nSPS) is 11.2. The highest BCUT2D eigenvalue weighted by atomic mass is 32.1. The molecule has 0 radical (unpaired) electrons. The molecule has 0 atom stereocenters. The van der Waals surface area contributed by atoms with Gasteiger partial charge in [0.05, 0.1) is 0 Å². The van der Waals surface area contributed by atoms with Gasteiger partial charge in [-0.3, -0.25) is 0 Å². The van der Waals surface area contributed by atoms with Gasteiger partial charge >= 0.3 is 0 Å². The fourth-order valence-corrected chi connectivity index (χ4v) is 9.77. The Morgan fingerprint density at radius 3 is 1.56 bits per heavy atom. The van der Waals surface area contributed by atoms with Crippen LogP contribution in [0.5, 0.6) is 0 Å². The van der Waals surface area contributed by atoms with Crippen LogP contribution < -0.4 is 4.90 Å². The standard InChI is InChI=1S/C49H33NS2.C2H6/c1-3-11-34(12-4-1)35-20-23-39(24-21-35)50(38-13-5-2-6-14-38)40-25-26-41(36-22-28-49-45(32-36)43-16-8-10-18-47(43)52-49)37(31-40)29-33-19-27-48-44(30-33)42-15-7-9-17-46(42)51-48;1-2/h1-28,30-32H,29H2;1-2H3. The zero-order chi connectivity index (χ0) is 36.4. The summed E-state index contributed by atoms with van der Waals surface area (Å²) in [5.41, 5.74) is 11.0. The van der Waals surface area contributed by atoms with Crippen molar-refractivity contribution in [3.63, 3.8) is 0 Å². The molecule has 0 spiro atoms. The predicted molar refractivity (Wildman–Crippen MR) is 238 cm³/mol. The first-order chi connectivity index (χ1) is 26.7. The van der Waals surface area contributed by atoms with E-state index in [0.717, 1.165) is 23.5 Å². The molecule has 10 aromatic rings. The van der Waals surface area contributed by atoms with Crippen molar-refractivity contribution in [1.29, 1.82) is 0 Å². The van der Waals surface area contributed by atoms with E-state index in [1.165, 1.54) is 73.7 Å². The maximum atomic E-state index is 2.42. The van der Waals surface area contributed by atoms with E-state index in [2.05, 4.69) is 193 Å². The highest BCUT2D eigenvalue weighted by molar-refractivity contribution is 7.26. The minimum absolute atomic E-state index is 0.821. The number of hydrogen-bond acceptors (Lipinski definition) is 3. The number of hydrogen-bond donors (Lipinski definition) is 0. The van der Waals surface area contributed by atoms with Crippen molar-refractivity contribution in [3.8, 4) is 22.3 Å². The van der Waals surface area contributed by atoms with E-state index in [1.807, 2.05) is 36.5 Å². The van der Waals surface area contributed by atoms with Crippen LogP contribution in [0.25, 0.3) is 62.6 Å². The number of rotatable bonds is 7. The molecule has 2 heterocycles. The molecule has 3 heteroatoms. The molecule has 0 unspecified atom stereocenters. The van der Waals surface area contributed by atoms with Crippen LogP contribution in [0.15, 0.2) is 188 Å². The SMILES string of the molecule is CC.c1ccc(-c2ccc(N(c3ccccc3)c3ccc(-c4ccc5sc6ccccc6c5c4)c(Cc4ccc5sc6ccccc6c5c4)c3)cc2)cc1. The minimum Gasteiger partial charge on any atom is -0.310 e. The third kappa shape index (κ3) is 6.36. The first-order valence-corrected chi connectivity index (χ1v) is 20.3. The van der Waals surface area contributed by atoms with Gasteiger partial charge in [-0.15, -0.1) is 22.7 Å². The molecular weight excluding hydrogens is 691 g/mol. The summed E-state index contributed by atoms with van der Waals surface area (Å²) in [6.45, 7) is 4.00. The van der Waals surface area contributed by atoms with Gasteiger partial charge in [0, 0.05) is 57.4 Å². The Morgan fingerprint density at radius 1 is 0.370 bits per heavy atom. The molecule has 0 fully saturated rings. The summed E-state index contributed by atoms with van der Waals surface area (Å²) < 4.78 is 5.33. The Balaban J connectivity index is 0.00000189. The molecule has 0 amide bonds. The van der Waals surface area contributed by atoms with Gasteiger partial charge in [0.1, 0.15) is 0 Å². The first kappa shape index (κ1) is 33.8. The molecule has 0 aliphatic heterocycles. The van der Waals surface area contributed by atoms with Gasteiger partial charge in [-0.2, -0.15) is 0 Å². The number of thiophene rings is 2. The van der Waals surface area contributed by atoms with Crippen LogP contribution in [0.3, 0.4) is 0 Å². The number of fused-ring (bicyclic) bond motifs is 6. The topological polar surface area (TPSA) is 3.24 Å². The van der Waals surface area contributed by atoms with Crippen LogP contribution in [0, 0.1) is 0 Å². The fourth-order valence-electron chi connectivity index (χ4n) is 7.60. The second-order valence-corrected chi connectivity index (χ2v) is 15.5. The minimum atomic E-state index is 0.821. The Bertz CT molecular complexity index is 2870. The van der Waals surface area contributed by atoms with E-state index in [9.17, 15) is 0 Å². The van der Waals surface area contributed by atoms with E-state index in [4.69, 9.17) is 0 Å². The van der Waals surface area contributed by atoms with Crippen molar-refractivity contribution in [2.75, 3.05) is 4.90 Å². The number of nitrogens with zero attached hydrogens (tertiary/aromatic N) is 1. The second kappa shape index (κ2) is 14.8. The number of para-hydroxylation sites is 1. The summed E-state index contributed by atoms with van der Waals surface area (Å²) in [7, 11) is 0. The van der Waals surface area contributed by atoms with Gasteiger partial charge in [0.15, 0.2) is 0 Å². The summed E-state index contributed by atoms with van der Waals surface area (Å²) in [5.74, 6) is 0. The monoisotopic (exact) mass is 729 g/mol. The molecule has 0 saturated heterocycles. The maximum Gasteiger partial charge on any atom is 0.0464 e. The van der Waals surface area contributed by atoms with Crippen molar-refractivity contribution in [2.45, 2.75) is 20.3 Å². The molecule has 1 nitrogen and oxygen atoms in total. The Labute approximate surface area is 325 Å². The van der Waals surface area contributed by atoms with Gasteiger partial charge in [0.2, 0.25) is 0 Å². The molecule has 2 aromatic heterocycles. The third-order valence-electron chi connectivity index (χ3n) is 10.1. The van der Waals surface area contributed by atoms with Gasteiger partial charge in [-0.25, -0.2) is 0 Å². The van der Waals surface area contributed by atoms with E-state index in [0.29, 0.717) is 0 Å². The Morgan fingerprint density at radius 2 is 0.870 bits per heavy atom. The third-order valence-corrected chi connectivity index (χ3v) is 12.4. The summed E-state index contributed by atoms with van der Waals surface area (Å²) in [6.07, 6.45) is 0.821. The fraction of sp³-hybridized carbons (Fsp3) is 0.0588. The predicted octanol–water partition coefficient (Wildman–Crippen LogP) is 15.8. The Hall–Kier alpha value is -6.00. The zero-order valence-electron chi connectivity index (χ0n) is 30.4. The van der Waals surface area contributed by atoms with Crippen LogP contribution in [-0.2, 0) is 6.42 Å². The van der Waals surface area contributed by atoms with Crippen LogP contribution in [0.4, 0.5) is 17.1 Å². The summed E-state index contributed by atoms with van der Waals surface area (Å²) in [4.78, 5) is 2.38. The molecule has 0 bridgehead atoms. The van der Waals surface area contributed by atoms with E-state index in [-0.39, 0.29) is 0 Å². The van der Waals surface area contributed by atoms with Crippen LogP contribution >= 0.6 is 22.7 Å². The van der Waals surface area contributed by atoms with Crippen LogP contribution in [0.2, 0.25) is 0 Å². The van der Waals surface area contributed by atoms with E-state index < -0.39 is 0 Å². The summed E-state index contributed by atoms with van der Waals surface area (Å²) in [5, 5.41) is 5.32. The highest BCUT2D eigenvalue weighted by Gasteiger charge is 2.17. The smallest absolute Gasteiger partial charge is 0.0464 e. The van der Waals surface area contributed by atoms with Gasteiger partial charge in [0.25, 0.3) is 0 Å². The van der Waals surface area contributed by atoms with Crippen molar-refractivity contribution >= 4 is 80.1 Å². The highest BCUT2D eigenvalue weighted by Crippen LogP contribution is 2.42. The molecule has 0 aliphatic rings. The van der Waals surface area contributed by atoms with Gasteiger partial charge in [-0.1, -0.05) is 129 Å². The van der Waals surface area contributed by atoms with Crippen molar-refractivity contribution < 1.29 is 0 Å². The van der Waals surface area contributed by atoms with Crippen molar-refractivity contribution in [1.82, 2.24) is 0 Å². The lowest BCUT2D eigenvalue weighted by Gasteiger charge is -2.27.